The van der Waals surface area contributed by atoms with Gasteiger partial charge in [0.2, 0.25) is 5.95 Å². The van der Waals surface area contributed by atoms with E-state index in [0.29, 0.717) is 0 Å². The maximum atomic E-state index is 14.8. The molecule has 1 saturated heterocycles. The van der Waals surface area contributed by atoms with Crippen LogP contribution in [0.15, 0.2) is 53.6 Å². The highest BCUT2D eigenvalue weighted by molar-refractivity contribution is 8.09. The van der Waals surface area contributed by atoms with Crippen molar-refractivity contribution in [2.45, 2.75) is 63.4 Å². The molecule has 0 saturated carbocycles. The molecular formula is C27H31F2N6O8PS. The number of esters is 1. The number of alkyl halides is 2. The molecule has 2 aromatic heterocycles. The van der Waals surface area contributed by atoms with Crippen LogP contribution < -0.4 is 20.9 Å². The smallest absolute Gasteiger partial charge is 0.323 e. The summed E-state index contributed by atoms with van der Waals surface area (Å²) >= 11 is 5.68. The number of aliphatic hydroxyl groups excluding tert-OH is 2. The average Bonchev–Trinajstić information content (AvgIpc) is 3.50. The second kappa shape index (κ2) is 12.7. The molecule has 0 bridgehead atoms. The van der Waals surface area contributed by atoms with Crippen LogP contribution in [0.4, 0.5) is 14.7 Å². The Balaban J connectivity index is 1.46. The summed E-state index contributed by atoms with van der Waals surface area (Å²) in [6.07, 6.45) is -8.74. The van der Waals surface area contributed by atoms with Crippen molar-refractivity contribution in [2.75, 3.05) is 12.3 Å². The minimum absolute atomic E-state index is 0.178. The number of nitrogens with zero attached hydrogens (tertiary/aromatic N) is 3. The van der Waals surface area contributed by atoms with Crippen molar-refractivity contribution >= 4 is 52.3 Å². The number of hydrogen-bond acceptors (Lipinski definition) is 12. The third-order valence-electron chi connectivity index (χ3n) is 7.01. The third-order valence-corrected chi connectivity index (χ3v) is 9.49. The number of H-pyrrole nitrogens is 1. The quantitative estimate of drug-likeness (QED) is 0.116. The standard InChI is InChI=1S/C27H31F2N6O8PS/c1-13(2)41-24(39)14(3)34-44(45,43-17-9-8-15-6-4-5-7-16(15)10-17)40-11-27(25(28)29)20(37)19(36)23(42-27)35-12-31-18-21(35)32-26(30)33-22(18)38/h4-10,12-14,19-20,23,25,36-37H,11H2,1-3H3,(H,34,45)(H3,30,32,33,38)/t14-,19+,20+,23+,27+,44?/m0/s1. The number of nitrogens with one attached hydrogen (secondary N) is 2. The van der Waals surface area contributed by atoms with Gasteiger partial charge in [0, 0.05) is 0 Å². The van der Waals surface area contributed by atoms with Gasteiger partial charge < -0.3 is 34.5 Å². The lowest BCUT2D eigenvalue weighted by atomic mass is 9.96. The Bertz CT molecular complexity index is 1820. The van der Waals surface area contributed by atoms with Crippen molar-refractivity contribution in [1.82, 2.24) is 24.6 Å². The summed E-state index contributed by atoms with van der Waals surface area (Å²) in [5.74, 6) is -0.784. The Morgan fingerprint density at radius 2 is 1.96 bits per heavy atom. The SMILES string of the molecule is CC(C)OC(=O)[C@H](C)NP(=S)(OC[C@@]1(C(F)F)O[C@@H](n2cnc3c(=O)[nH]c(N)nc32)[C@H](O)[C@H]1O)Oc1ccc2ccccc2c1. The summed E-state index contributed by atoms with van der Waals surface area (Å²) in [6, 6.07) is 11.3. The molecule has 0 amide bonds. The molecule has 18 heteroatoms. The zero-order valence-corrected chi connectivity index (χ0v) is 25.9. The van der Waals surface area contributed by atoms with Crippen LogP contribution in [0.2, 0.25) is 0 Å². The first-order chi connectivity index (χ1) is 21.2. The second-order valence-corrected chi connectivity index (χ2v) is 13.8. The van der Waals surface area contributed by atoms with Crippen LogP contribution in [0.5, 0.6) is 5.75 Å². The Labute approximate surface area is 259 Å². The average molecular weight is 669 g/mol. The lowest BCUT2D eigenvalue weighted by Gasteiger charge is -2.34. The third kappa shape index (κ3) is 6.56. The molecule has 45 heavy (non-hydrogen) atoms. The van der Waals surface area contributed by atoms with Gasteiger partial charge in [-0.2, -0.15) is 4.98 Å². The number of anilines is 1. The number of nitrogen functional groups attached to an aromatic ring is 1. The Kier molecular flexibility index (Phi) is 9.24. The fourth-order valence-electron chi connectivity index (χ4n) is 4.79. The number of halogens is 2. The zero-order valence-electron chi connectivity index (χ0n) is 24.2. The van der Waals surface area contributed by atoms with Gasteiger partial charge in [0.15, 0.2) is 23.0 Å². The Morgan fingerprint density at radius 1 is 1.24 bits per heavy atom. The number of aromatic amines is 1. The molecule has 5 rings (SSSR count). The minimum Gasteiger partial charge on any atom is -0.462 e. The van der Waals surface area contributed by atoms with E-state index < -0.39 is 67.4 Å². The highest BCUT2D eigenvalue weighted by atomic mass is 32.5. The molecule has 1 aliphatic rings. The number of carbonyl (C=O) groups is 1. The highest BCUT2D eigenvalue weighted by Crippen LogP contribution is 2.50. The zero-order chi connectivity index (χ0) is 32.7. The summed E-state index contributed by atoms with van der Waals surface area (Å²) in [5, 5.41) is 26.3. The number of carbonyl (C=O) groups excluding carboxylic acids is 1. The predicted octanol–water partition coefficient (Wildman–Crippen LogP) is 2.36. The van der Waals surface area contributed by atoms with E-state index in [2.05, 4.69) is 20.0 Å². The van der Waals surface area contributed by atoms with Crippen LogP contribution in [0.3, 0.4) is 0 Å². The van der Waals surface area contributed by atoms with E-state index in [4.69, 9.17) is 36.1 Å². The van der Waals surface area contributed by atoms with Gasteiger partial charge in [-0.25, -0.2) is 18.9 Å². The normalized spacial score (nSPS) is 23.9. The fraction of sp³-hybridized carbons (Fsp3) is 0.407. The van der Waals surface area contributed by atoms with Crippen LogP contribution in [-0.4, -0.2) is 78.7 Å². The minimum atomic E-state index is -3.90. The van der Waals surface area contributed by atoms with Crippen molar-refractivity contribution in [3.8, 4) is 5.75 Å². The number of aliphatic hydroxyl groups is 2. The van der Waals surface area contributed by atoms with E-state index in [0.717, 1.165) is 21.7 Å². The van der Waals surface area contributed by atoms with Crippen LogP contribution in [0, 0.1) is 0 Å². The summed E-state index contributed by atoms with van der Waals surface area (Å²) in [6.45, 7) is -0.253. The maximum absolute atomic E-state index is 14.8. The molecule has 0 aliphatic carbocycles. The summed E-state index contributed by atoms with van der Waals surface area (Å²) in [7, 11) is 0. The number of fused-ring (bicyclic) bond motifs is 2. The predicted molar refractivity (Wildman–Crippen MR) is 162 cm³/mol. The van der Waals surface area contributed by atoms with Crippen LogP contribution in [-0.2, 0) is 30.6 Å². The van der Waals surface area contributed by atoms with Crippen LogP contribution in [0.25, 0.3) is 21.9 Å². The van der Waals surface area contributed by atoms with Crippen molar-refractivity contribution in [1.29, 1.82) is 0 Å². The molecule has 0 spiro atoms. The van der Waals surface area contributed by atoms with E-state index >= 15 is 0 Å². The molecule has 1 unspecified atom stereocenters. The number of rotatable bonds is 11. The van der Waals surface area contributed by atoms with E-state index in [-0.39, 0.29) is 22.9 Å². The van der Waals surface area contributed by atoms with Crippen molar-refractivity contribution < 1.29 is 42.3 Å². The Morgan fingerprint density at radius 3 is 2.64 bits per heavy atom. The molecule has 242 valence electrons. The van der Waals surface area contributed by atoms with Gasteiger partial charge in [-0.1, -0.05) is 30.3 Å². The summed E-state index contributed by atoms with van der Waals surface area (Å²) in [4.78, 5) is 35.0. The number of aromatic nitrogens is 4. The number of benzene rings is 2. The van der Waals surface area contributed by atoms with E-state index in [1.807, 2.05) is 24.3 Å². The van der Waals surface area contributed by atoms with Gasteiger partial charge in [-0.05, 0) is 55.5 Å². The first-order valence-corrected chi connectivity index (χ1v) is 16.3. The molecule has 4 aromatic rings. The van der Waals surface area contributed by atoms with Crippen molar-refractivity contribution in [3.63, 3.8) is 0 Å². The van der Waals surface area contributed by atoms with Crippen LogP contribution >= 0.6 is 6.64 Å². The largest absolute Gasteiger partial charge is 0.462 e. The maximum Gasteiger partial charge on any atom is 0.323 e. The highest BCUT2D eigenvalue weighted by Gasteiger charge is 2.61. The molecular weight excluding hydrogens is 637 g/mol. The monoisotopic (exact) mass is 668 g/mol. The number of nitrogens with two attached hydrogens (primary N) is 1. The first-order valence-electron chi connectivity index (χ1n) is 13.7. The van der Waals surface area contributed by atoms with E-state index in [1.54, 1.807) is 32.0 Å². The van der Waals surface area contributed by atoms with Crippen LogP contribution in [0.1, 0.15) is 27.0 Å². The second-order valence-electron chi connectivity index (χ2n) is 10.7. The summed E-state index contributed by atoms with van der Waals surface area (Å²) < 4.78 is 53.4. The van der Waals surface area contributed by atoms with Crippen molar-refractivity contribution in [3.05, 3.63) is 59.1 Å². The fourth-order valence-corrected chi connectivity index (χ4v) is 7.20. The topological polar surface area (TPSA) is 196 Å². The molecule has 1 fully saturated rings. The number of ether oxygens (including phenoxy) is 2. The Hall–Kier alpha value is -3.57. The van der Waals surface area contributed by atoms with Gasteiger partial charge in [0.1, 0.15) is 24.0 Å². The van der Waals surface area contributed by atoms with Gasteiger partial charge in [-0.15, -0.1) is 0 Å². The molecule has 3 heterocycles. The molecule has 2 aromatic carbocycles. The summed E-state index contributed by atoms with van der Waals surface area (Å²) in [5.41, 5.74) is 1.68. The molecule has 1 aliphatic heterocycles. The molecule has 14 nitrogen and oxygen atoms in total. The van der Waals surface area contributed by atoms with Gasteiger partial charge in [0.25, 0.3) is 12.0 Å². The van der Waals surface area contributed by atoms with Gasteiger partial charge in [-0.3, -0.25) is 19.1 Å². The molecule has 6 N–H and O–H groups in total. The lowest BCUT2D eigenvalue weighted by Crippen LogP contribution is -2.53. The lowest BCUT2D eigenvalue weighted by molar-refractivity contribution is -0.191. The number of hydrogen-bond donors (Lipinski definition) is 5. The van der Waals surface area contributed by atoms with Gasteiger partial charge >= 0.3 is 12.6 Å². The van der Waals surface area contributed by atoms with E-state index in [1.165, 1.54) is 6.92 Å². The van der Waals surface area contributed by atoms with E-state index in [9.17, 15) is 28.6 Å². The van der Waals surface area contributed by atoms with Gasteiger partial charge in [0.05, 0.1) is 19.0 Å². The van der Waals surface area contributed by atoms with Crippen molar-refractivity contribution in [2.24, 2.45) is 0 Å². The number of imidazole rings is 1. The first kappa shape index (κ1) is 32.8. The molecule has 6 atom stereocenters. The molecule has 0 radical (unpaired) electrons.